The molecule has 1 N–H and O–H groups in total. The maximum atomic E-state index is 12.7. The number of carbonyl (C=O) groups is 1. The summed E-state index contributed by atoms with van der Waals surface area (Å²) in [4.78, 5) is 16.1. The molecule has 0 aliphatic carbocycles. The van der Waals surface area contributed by atoms with E-state index in [0.717, 1.165) is 18.2 Å². The summed E-state index contributed by atoms with van der Waals surface area (Å²) >= 11 is 9.25. The Labute approximate surface area is 146 Å². The lowest BCUT2D eigenvalue weighted by atomic mass is 10.1. The van der Waals surface area contributed by atoms with Gasteiger partial charge in [-0.15, -0.1) is 0 Å². The summed E-state index contributed by atoms with van der Waals surface area (Å²) < 4.78 is 44.1. The van der Waals surface area contributed by atoms with Crippen LogP contribution in [0.3, 0.4) is 0 Å². The van der Waals surface area contributed by atoms with E-state index in [1.807, 2.05) is 0 Å². The Kier molecular flexibility index (Phi) is 4.27. The summed E-state index contributed by atoms with van der Waals surface area (Å²) in [6.07, 6.45) is -4.53. The lowest BCUT2D eigenvalue weighted by molar-refractivity contribution is -0.137. The third-order valence-electron chi connectivity index (χ3n) is 3.08. The molecule has 1 heterocycles. The second kappa shape index (κ2) is 6.10. The highest BCUT2D eigenvalue weighted by Crippen LogP contribution is 2.31. The first-order valence-electron chi connectivity index (χ1n) is 6.48. The summed E-state index contributed by atoms with van der Waals surface area (Å²) in [6, 6.07) is 7.11. The first kappa shape index (κ1) is 16.8. The van der Waals surface area contributed by atoms with Crippen LogP contribution in [0.25, 0.3) is 11.1 Å². The summed E-state index contributed by atoms with van der Waals surface area (Å²) in [5.41, 5.74) is -0.424. The lowest BCUT2D eigenvalue weighted by Crippen LogP contribution is -2.14. The van der Waals surface area contributed by atoms with Gasteiger partial charge < -0.3 is 4.42 Å². The number of benzene rings is 2. The first-order chi connectivity index (χ1) is 11.2. The Morgan fingerprint density at radius 2 is 2.00 bits per heavy atom. The van der Waals surface area contributed by atoms with E-state index in [2.05, 4.69) is 26.2 Å². The second-order valence-corrected chi connectivity index (χ2v) is 6.11. The Hall–Kier alpha value is -2.06. The van der Waals surface area contributed by atoms with Gasteiger partial charge in [-0.2, -0.15) is 18.2 Å². The largest absolute Gasteiger partial charge is 0.422 e. The van der Waals surface area contributed by atoms with Gasteiger partial charge in [-0.25, -0.2) is 0 Å². The number of hydrogen-bond acceptors (Lipinski definition) is 3. The lowest BCUT2D eigenvalue weighted by Gasteiger charge is -2.07. The molecule has 9 heteroatoms. The van der Waals surface area contributed by atoms with Gasteiger partial charge in [0.05, 0.1) is 10.6 Å². The van der Waals surface area contributed by atoms with Crippen molar-refractivity contribution >= 4 is 50.6 Å². The highest BCUT2D eigenvalue weighted by Gasteiger charge is 2.31. The van der Waals surface area contributed by atoms with Crippen LogP contribution in [0.15, 0.2) is 45.3 Å². The minimum Gasteiger partial charge on any atom is -0.422 e. The number of nitrogens with zero attached hydrogens (tertiary/aromatic N) is 1. The molecule has 0 bridgehead atoms. The molecule has 3 aromatic rings. The molecule has 0 atom stereocenters. The molecule has 0 radical (unpaired) electrons. The zero-order valence-corrected chi connectivity index (χ0v) is 14.0. The number of anilines is 1. The van der Waals surface area contributed by atoms with Crippen molar-refractivity contribution in [1.82, 2.24) is 4.98 Å². The fourth-order valence-corrected chi connectivity index (χ4v) is 2.85. The van der Waals surface area contributed by atoms with Gasteiger partial charge in [-0.3, -0.25) is 10.1 Å². The molecule has 1 aromatic heterocycles. The molecular formula is C15H7BrClF3N2O2. The van der Waals surface area contributed by atoms with Crippen LogP contribution in [0.5, 0.6) is 0 Å². The molecule has 0 aliphatic rings. The highest BCUT2D eigenvalue weighted by atomic mass is 79.9. The molecule has 124 valence electrons. The number of carbonyl (C=O) groups excluding carboxylic acids is 1. The molecule has 0 unspecified atom stereocenters. The standard InChI is InChI=1S/C15H7BrClF3N2O2/c16-9-5-10(17)12-11(6-9)21-14(24-12)22-13(23)7-2-1-3-8(4-7)15(18,19)20/h1-6H,(H,21,22,23). The number of aromatic nitrogens is 1. The molecule has 2 aromatic carbocycles. The molecule has 0 spiro atoms. The topological polar surface area (TPSA) is 55.1 Å². The van der Waals surface area contributed by atoms with Crippen LogP contribution in [0, 0.1) is 0 Å². The van der Waals surface area contributed by atoms with Gasteiger partial charge in [0, 0.05) is 10.0 Å². The highest BCUT2D eigenvalue weighted by molar-refractivity contribution is 9.10. The molecule has 0 saturated heterocycles. The minimum absolute atomic E-state index is 0.160. The number of alkyl halides is 3. The number of nitrogens with one attached hydrogen (secondary N) is 1. The van der Waals surface area contributed by atoms with Crippen LogP contribution < -0.4 is 5.32 Å². The summed E-state index contributed by atoms with van der Waals surface area (Å²) in [6.45, 7) is 0. The van der Waals surface area contributed by atoms with Gasteiger partial charge in [0.25, 0.3) is 5.91 Å². The van der Waals surface area contributed by atoms with Crippen LogP contribution in [0.4, 0.5) is 19.2 Å². The Bertz CT molecular complexity index is 940. The zero-order chi connectivity index (χ0) is 17.5. The van der Waals surface area contributed by atoms with Crippen molar-refractivity contribution in [2.75, 3.05) is 5.32 Å². The Morgan fingerprint density at radius 3 is 2.71 bits per heavy atom. The van der Waals surface area contributed by atoms with E-state index < -0.39 is 17.6 Å². The number of oxazole rings is 1. The van der Waals surface area contributed by atoms with Crippen LogP contribution in [0.1, 0.15) is 15.9 Å². The van der Waals surface area contributed by atoms with Crippen molar-refractivity contribution in [1.29, 1.82) is 0 Å². The monoisotopic (exact) mass is 418 g/mol. The smallest absolute Gasteiger partial charge is 0.416 e. The number of fused-ring (bicyclic) bond motifs is 1. The van der Waals surface area contributed by atoms with E-state index in [-0.39, 0.29) is 22.2 Å². The molecule has 0 saturated carbocycles. The number of rotatable bonds is 2. The van der Waals surface area contributed by atoms with Crippen LogP contribution in [0.2, 0.25) is 5.02 Å². The molecule has 3 rings (SSSR count). The van der Waals surface area contributed by atoms with Crippen molar-refractivity contribution in [3.63, 3.8) is 0 Å². The summed E-state index contributed by atoms with van der Waals surface area (Å²) in [5.74, 6) is -0.775. The maximum Gasteiger partial charge on any atom is 0.416 e. The van der Waals surface area contributed by atoms with E-state index in [9.17, 15) is 18.0 Å². The van der Waals surface area contributed by atoms with Crippen molar-refractivity contribution in [2.24, 2.45) is 0 Å². The molecular weight excluding hydrogens is 413 g/mol. The van der Waals surface area contributed by atoms with E-state index >= 15 is 0 Å². The molecule has 4 nitrogen and oxygen atoms in total. The van der Waals surface area contributed by atoms with Crippen molar-refractivity contribution in [3.05, 3.63) is 57.0 Å². The van der Waals surface area contributed by atoms with Crippen LogP contribution >= 0.6 is 27.5 Å². The molecule has 1 amide bonds. The minimum atomic E-state index is -4.53. The van der Waals surface area contributed by atoms with Crippen LogP contribution in [-0.4, -0.2) is 10.9 Å². The van der Waals surface area contributed by atoms with Gasteiger partial charge in [0.2, 0.25) is 0 Å². The Morgan fingerprint density at radius 1 is 1.25 bits per heavy atom. The van der Waals surface area contributed by atoms with E-state index in [4.69, 9.17) is 16.0 Å². The van der Waals surface area contributed by atoms with Crippen LogP contribution in [-0.2, 0) is 6.18 Å². The zero-order valence-electron chi connectivity index (χ0n) is 11.6. The third-order valence-corrected chi connectivity index (χ3v) is 3.82. The van der Waals surface area contributed by atoms with E-state index in [1.165, 1.54) is 6.07 Å². The molecule has 24 heavy (non-hydrogen) atoms. The van der Waals surface area contributed by atoms with Gasteiger partial charge in [-0.1, -0.05) is 33.6 Å². The summed E-state index contributed by atoms with van der Waals surface area (Å²) in [5, 5.41) is 2.60. The number of amides is 1. The van der Waals surface area contributed by atoms with E-state index in [0.29, 0.717) is 9.99 Å². The van der Waals surface area contributed by atoms with Gasteiger partial charge in [0.15, 0.2) is 5.58 Å². The maximum absolute atomic E-state index is 12.7. The van der Waals surface area contributed by atoms with Crippen molar-refractivity contribution in [3.8, 4) is 0 Å². The Balaban J connectivity index is 1.89. The first-order valence-corrected chi connectivity index (χ1v) is 7.65. The average molecular weight is 420 g/mol. The number of halogens is 5. The van der Waals surface area contributed by atoms with Crippen molar-refractivity contribution < 1.29 is 22.4 Å². The molecule has 0 aliphatic heterocycles. The summed E-state index contributed by atoms with van der Waals surface area (Å²) in [7, 11) is 0. The fourth-order valence-electron chi connectivity index (χ4n) is 2.02. The van der Waals surface area contributed by atoms with Crippen molar-refractivity contribution in [2.45, 2.75) is 6.18 Å². The molecule has 0 fully saturated rings. The predicted molar refractivity (Wildman–Crippen MR) is 86.1 cm³/mol. The van der Waals surface area contributed by atoms with E-state index in [1.54, 1.807) is 12.1 Å². The van der Waals surface area contributed by atoms with Gasteiger partial charge in [-0.05, 0) is 30.3 Å². The SMILES string of the molecule is O=C(Nc1nc2cc(Br)cc(Cl)c2o1)c1cccc(C(F)(F)F)c1. The predicted octanol–water partition coefficient (Wildman–Crippen LogP) is 5.51. The van der Waals surface area contributed by atoms with Gasteiger partial charge in [0.1, 0.15) is 5.52 Å². The normalized spacial score (nSPS) is 11.7. The second-order valence-electron chi connectivity index (χ2n) is 4.79. The van der Waals surface area contributed by atoms with Gasteiger partial charge >= 0.3 is 12.2 Å². The fraction of sp³-hybridized carbons (Fsp3) is 0.0667. The third kappa shape index (κ3) is 3.39. The number of hydrogen-bond donors (Lipinski definition) is 1. The average Bonchev–Trinajstić information content (AvgIpc) is 2.89. The quantitative estimate of drug-likeness (QED) is 0.595.